The molecule has 0 radical (unpaired) electrons. The highest BCUT2D eigenvalue weighted by Gasteiger charge is 2.22. The quantitative estimate of drug-likeness (QED) is 0.302. The molecular formula is C25H20BrClN4O3. The highest BCUT2D eigenvalue weighted by molar-refractivity contribution is 9.10. The molecule has 0 fully saturated rings. The van der Waals surface area contributed by atoms with Crippen LogP contribution in [0.2, 0.25) is 5.02 Å². The summed E-state index contributed by atoms with van der Waals surface area (Å²) in [5.74, 6) is -2.23. The smallest absolute Gasteiger partial charge is 0.328 e. The molecule has 0 aliphatic heterocycles. The molecule has 1 aromatic heterocycles. The molecule has 0 aliphatic rings. The summed E-state index contributed by atoms with van der Waals surface area (Å²) in [6, 6.07) is 22.7. The van der Waals surface area contributed by atoms with Crippen molar-refractivity contribution in [3.8, 4) is 0 Å². The minimum absolute atomic E-state index is 0.130. The largest absolute Gasteiger partial charge is 0.341 e. The fraction of sp³-hybridized carbons (Fsp3) is 0.0800. The first kappa shape index (κ1) is 23.5. The zero-order valence-corrected chi connectivity index (χ0v) is 20.4. The zero-order chi connectivity index (χ0) is 24.2. The van der Waals surface area contributed by atoms with E-state index in [-0.39, 0.29) is 11.7 Å². The molecule has 0 bridgehead atoms. The summed E-state index contributed by atoms with van der Waals surface area (Å²) in [4.78, 5) is 38.5. The summed E-state index contributed by atoms with van der Waals surface area (Å²) in [5, 5.41) is 6.48. The number of hydrogen-bond donors (Lipinski definition) is 3. The first-order chi connectivity index (χ1) is 16.3. The van der Waals surface area contributed by atoms with E-state index in [0.29, 0.717) is 21.6 Å². The van der Waals surface area contributed by atoms with E-state index in [2.05, 4.69) is 32.0 Å². The van der Waals surface area contributed by atoms with E-state index in [1.807, 2.05) is 36.4 Å². The fourth-order valence-corrected chi connectivity index (χ4v) is 4.02. The number of fused-ring (bicyclic) bond motifs is 1. The van der Waals surface area contributed by atoms with Gasteiger partial charge in [-0.2, -0.15) is 0 Å². The fourth-order valence-electron chi connectivity index (χ4n) is 3.46. The second-order valence-corrected chi connectivity index (χ2v) is 8.87. The maximum Gasteiger partial charge on any atom is 0.328 e. The first-order valence-corrected chi connectivity index (χ1v) is 11.5. The van der Waals surface area contributed by atoms with E-state index in [9.17, 15) is 14.4 Å². The van der Waals surface area contributed by atoms with Crippen LogP contribution in [0.25, 0.3) is 10.9 Å². The number of anilines is 1. The Bertz CT molecular complexity index is 1390. The van der Waals surface area contributed by atoms with Gasteiger partial charge in [0.05, 0.1) is 22.3 Å². The van der Waals surface area contributed by atoms with Crippen LogP contribution in [-0.4, -0.2) is 22.4 Å². The van der Waals surface area contributed by atoms with Crippen LogP contribution in [-0.2, 0) is 9.59 Å². The number of carbonyl (C=O) groups is 3. The lowest BCUT2D eigenvalue weighted by Gasteiger charge is -2.16. The average Bonchev–Trinajstić information content (AvgIpc) is 3.18. The van der Waals surface area contributed by atoms with Crippen molar-refractivity contribution in [2.45, 2.75) is 13.0 Å². The summed E-state index contributed by atoms with van der Waals surface area (Å²) >= 11 is 9.58. The summed E-state index contributed by atoms with van der Waals surface area (Å²) in [7, 11) is 0. The Balaban J connectivity index is 1.60. The molecule has 3 N–H and O–H groups in total. The molecule has 0 saturated carbocycles. The van der Waals surface area contributed by atoms with Crippen LogP contribution >= 0.6 is 27.5 Å². The van der Waals surface area contributed by atoms with Crippen LogP contribution in [0.3, 0.4) is 0 Å². The number of para-hydroxylation sites is 1. The Morgan fingerprint density at radius 3 is 2.35 bits per heavy atom. The van der Waals surface area contributed by atoms with Gasteiger partial charge >= 0.3 is 11.8 Å². The highest BCUT2D eigenvalue weighted by atomic mass is 79.9. The number of halogens is 2. The molecule has 0 saturated heterocycles. The van der Waals surface area contributed by atoms with Gasteiger partial charge in [-0.15, -0.1) is 0 Å². The number of rotatable bonds is 5. The van der Waals surface area contributed by atoms with Gasteiger partial charge in [-0.1, -0.05) is 70.0 Å². The van der Waals surface area contributed by atoms with Gasteiger partial charge < -0.3 is 10.6 Å². The Morgan fingerprint density at radius 1 is 0.912 bits per heavy atom. The minimum Gasteiger partial charge on any atom is -0.341 e. The van der Waals surface area contributed by atoms with Crippen molar-refractivity contribution in [2.75, 3.05) is 10.7 Å². The molecule has 1 atom stereocenters. The predicted octanol–water partition coefficient (Wildman–Crippen LogP) is 5.26. The minimum atomic E-state index is -0.907. The van der Waals surface area contributed by atoms with E-state index < -0.39 is 17.7 Å². The van der Waals surface area contributed by atoms with Crippen LogP contribution in [0.15, 0.2) is 83.3 Å². The Labute approximate surface area is 209 Å². The number of amides is 3. The topological polar surface area (TPSA) is 92.2 Å². The van der Waals surface area contributed by atoms with Crippen molar-refractivity contribution in [3.05, 3.63) is 99.6 Å². The van der Waals surface area contributed by atoms with Crippen molar-refractivity contribution >= 4 is 61.8 Å². The lowest BCUT2D eigenvalue weighted by atomic mass is 10.1. The van der Waals surface area contributed by atoms with Crippen molar-refractivity contribution in [2.24, 2.45) is 0 Å². The zero-order valence-electron chi connectivity index (χ0n) is 18.0. The number of benzene rings is 3. The molecule has 0 unspecified atom stereocenters. The molecule has 1 heterocycles. The van der Waals surface area contributed by atoms with Gasteiger partial charge in [0.15, 0.2) is 0 Å². The maximum atomic E-state index is 13.1. The molecule has 0 spiro atoms. The Kier molecular flexibility index (Phi) is 7.00. The van der Waals surface area contributed by atoms with Crippen LogP contribution < -0.4 is 16.1 Å². The Hall–Kier alpha value is -3.62. The van der Waals surface area contributed by atoms with Crippen LogP contribution in [0, 0.1) is 0 Å². The molecule has 4 aromatic rings. The second-order valence-electron chi connectivity index (χ2n) is 7.55. The molecule has 172 valence electrons. The number of nitrogens with one attached hydrogen (secondary N) is 3. The highest BCUT2D eigenvalue weighted by Crippen LogP contribution is 2.25. The van der Waals surface area contributed by atoms with E-state index >= 15 is 0 Å². The standard InChI is InChI=1S/C25H20BrClN4O3/c1-15(16-7-3-2-4-8-16)28-24(33)25(34)30-31-21-12-11-18(26)13-17(21)14-22(31)23(32)29-20-10-6-5-9-19(20)27/h2-15H,1H3,(H,28,33)(H,29,32)(H,30,34)/t15-/m0/s1. The normalized spacial score (nSPS) is 11.6. The molecule has 4 rings (SSSR count). The monoisotopic (exact) mass is 538 g/mol. The van der Waals surface area contributed by atoms with Gasteiger partial charge in [-0.3, -0.25) is 19.8 Å². The van der Waals surface area contributed by atoms with Crippen LogP contribution in [0.5, 0.6) is 0 Å². The third-order valence-electron chi connectivity index (χ3n) is 5.19. The van der Waals surface area contributed by atoms with Crippen molar-refractivity contribution < 1.29 is 14.4 Å². The first-order valence-electron chi connectivity index (χ1n) is 10.4. The lowest BCUT2D eigenvalue weighted by Crippen LogP contribution is -2.40. The number of carbonyl (C=O) groups excluding carboxylic acids is 3. The second kappa shape index (κ2) is 10.1. The Morgan fingerprint density at radius 2 is 1.62 bits per heavy atom. The average molecular weight is 540 g/mol. The summed E-state index contributed by atoms with van der Waals surface area (Å²) in [6.45, 7) is 1.78. The van der Waals surface area contributed by atoms with Crippen LogP contribution in [0.1, 0.15) is 29.0 Å². The van der Waals surface area contributed by atoms with E-state index in [4.69, 9.17) is 11.6 Å². The predicted molar refractivity (Wildman–Crippen MR) is 136 cm³/mol. The number of nitrogens with zero attached hydrogens (tertiary/aromatic N) is 1. The third-order valence-corrected chi connectivity index (χ3v) is 6.01. The molecule has 3 aromatic carbocycles. The van der Waals surface area contributed by atoms with Gasteiger partial charge in [0.2, 0.25) is 0 Å². The van der Waals surface area contributed by atoms with Crippen molar-refractivity contribution in [1.82, 2.24) is 9.99 Å². The molecule has 3 amide bonds. The molecular weight excluding hydrogens is 520 g/mol. The summed E-state index contributed by atoms with van der Waals surface area (Å²) in [6.07, 6.45) is 0. The van der Waals surface area contributed by atoms with Gasteiger partial charge in [-0.05, 0) is 48.9 Å². The van der Waals surface area contributed by atoms with Gasteiger partial charge in [0.25, 0.3) is 5.91 Å². The van der Waals surface area contributed by atoms with Crippen LogP contribution in [0.4, 0.5) is 5.69 Å². The van der Waals surface area contributed by atoms with E-state index in [0.717, 1.165) is 10.0 Å². The third kappa shape index (κ3) is 5.13. The SMILES string of the molecule is C[C@H](NC(=O)C(=O)Nn1c(C(=O)Nc2ccccc2Cl)cc2cc(Br)ccc21)c1ccccc1. The summed E-state index contributed by atoms with van der Waals surface area (Å²) < 4.78 is 2.10. The molecule has 9 heteroatoms. The van der Waals surface area contributed by atoms with Gasteiger partial charge in [-0.25, -0.2) is 4.68 Å². The lowest BCUT2D eigenvalue weighted by molar-refractivity contribution is -0.137. The number of hydrogen-bond acceptors (Lipinski definition) is 3. The van der Waals surface area contributed by atoms with E-state index in [1.165, 1.54) is 4.68 Å². The molecule has 7 nitrogen and oxygen atoms in total. The van der Waals surface area contributed by atoms with Gasteiger partial charge in [0, 0.05) is 9.86 Å². The van der Waals surface area contributed by atoms with Gasteiger partial charge in [0.1, 0.15) is 5.69 Å². The maximum absolute atomic E-state index is 13.1. The molecule has 0 aliphatic carbocycles. The summed E-state index contributed by atoms with van der Waals surface area (Å²) in [5.41, 5.74) is 4.51. The van der Waals surface area contributed by atoms with Crippen molar-refractivity contribution in [3.63, 3.8) is 0 Å². The number of aromatic nitrogens is 1. The van der Waals surface area contributed by atoms with E-state index in [1.54, 1.807) is 49.4 Å². The molecule has 34 heavy (non-hydrogen) atoms. The van der Waals surface area contributed by atoms with Crippen molar-refractivity contribution in [1.29, 1.82) is 0 Å².